The van der Waals surface area contributed by atoms with Gasteiger partial charge >= 0.3 is 0 Å². The van der Waals surface area contributed by atoms with Crippen molar-refractivity contribution in [3.8, 4) is 11.4 Å². The van der Waals surface area contributed by atoms with Crippen LogP contribution in [0.5, 0.6) is 0 Å². The van der Waals surface area contributed by atoms with Crippen molar-refractivity contribution in [2.75, 3.05) is 0 Å². The number of hydrogen-bond acceptors (Lipinski definition) is 4. The van der Waals surface area contributed by atoms with E-state index in [2.05, 4.69) is 15.5 Å². The Bertz CT molecular complexity index is 880. The van der Waals surface area contributed by atoms with Crippen LogP contribution in [0, 0.1) is 0 Å². The van der Waals surface area contributed by atoms with Crippen LogP contribution in [-0.2, 0) is 0 Å². The summed E-state index contributed by atoms with van der Waals surface area (Å²) in [4.78, 5) is 16.6. The molecule has 1 amide bonds. The molecule has 0 bridgehead atoms. The molecule has 7 heteroatoms. The zero-order chi connectivity index (χ0) is 17.1. The molecule has 1 heterocycles. The van der Waals surface area contributed by atoms with E-state index in [-0.39, 0.29) is 5.91 Å². The highest BCUT2D eigenvalue weighted by Crippen LogP contribution is 2.22. The Morgan fingerprint density at radius 1 is 1.17 bits per heavy atom. The van der Waals surface area contributed by atoms with Crippen LogP contribution in [0.3, 0.4) is 0 Å². The first-order chi connectivity index (χ1) is 11.5. The second-order valence-electron chi connectivity index (χ2n) is 5.14. The van der Waals surface area contributed by atoms with Crippen LogP contribution in [-0.4, -0.2) is 16.0 Å². The number of nitrogens with one attached hydrogen (secondary N) is 1. The summed E-state index contributed by atoms with van der Waals surface area (Å²) < 4.78 is 5.24. The number of benzene rings is 2. The first kappa shape index (κ1) is 16.5. The van der Waals surface area contributed by atoms with Crippen molar-refractivity contribution in [2.24, 2.45) is 0 Å². The van der Waals surface area contributed by atoms with Crippen molar-refractivity contribution in [3.05, 3.63) is 70.0 Å². The summed E-state index contributed by atoms with van der Waals surface area (Å²) >= 11 is 12.0. The van der Waals surface area contributed by atoms with E-state index in [1.807, 2.05) is 6.07 Å². The summed E-state index contributed by atoms with van der Waals surface area (Å²) in [5.41, 5.74) is 1.13. The topological polar surface area (TPSA) is 68.0 Å². The summed E-state index contributed by atoms with van der Waals surface area (Å²) in [6.07, 6.45) is 0. The Hall–Kier alpha value is -2.37. The van der Waals surface area contributed by atoms with Gasteiger partial charge in [-0.2, -0.15) is 4.98 Å². The van der Waals surface area contributed by atoms with Crippen molar-refractivity contribution < 1.29 is 9.32 Å². The number of aromatic nitrogens is 2. The van der Waals surface area contributed by atoms with E-state index in [4.69, 9.17) is 27.7 Å². The monoisotopic (exact) mass is 361 g/mol. The van der Waals surface area contributed by atoms with Crippen molar-refractivity contribution in [1.29, 1.82) is 0 Å². The van der Waals surface area contributed by atoms with Gasteiger partial charge in [-0.1, -0.05) is 52.6 Å². The molecule has 1 N–H and O–H groups in total. The molecule has 1 aromatic heterocycles. The van der Waals surface area contributed by atoms with Gasteiger partial charge in [-0.05, 0) is 31.2 Å². The number of hydrogen-bond donors (Lipinski definition) is 1. The molecule has 0 aliphatic heterocycles. The lowest BCUT2D eigenvalue weighted by Gasteiger charge is -2.10. The quantitative estimate of drug-likeness (QED) is 0.740. The van der Waals surface area contributed by atoms with E-state index in [0.717, 1.165) is 5.56 Å². The predicted molar refractivity (Wildman–Crippen MR) is 92.1 cm³/mol. The Balaban J connectivity index is 1.75. The molecule has 3 aromatic rings. The summed E-state index contributed by atoms with van der Waals surface area (Å²) in [6.45, 7) is 1.75. The first-order valence-electron chi connectivity index (χ1n) is 7.19. The highest BCUT2D eigenvalue weighted by Gasteiger charge is 2.19. The molecule has 24 heavy (non-hydrogen) atoms. The van der Waals surface area contributed by atoms with Gasteiger partial charge in [0.1, 0.15) is 6.04 Å². The SMILES string of the molecule is C[C@H](NC(=O)c1ccccc1Cl)c1nc(-c2cccc(Cl)c2)no1. The molecule has 0 fully saturated rings. The van der Waals surface area contributed by atoms with Crippen LogP contribution >= 0.6 is 23.2 Å². The largest absolute Gasteiger partial charge is 0.340 e. The minimum atomic E-state index is -0.464. The fraction of sp³-hybridized carbons (Fsp3) is 0.118. The zero-order valence-corrected chi connectivity index (χ0v) is 14.2. The second kappa shape index (κ2) is 7.03. The van der Waals surface area contributed by atoms with Crippen LogP contribution in [0.2, 0.25) is 10.0 Å². The smallest absolute Gasteiger partial charge is 0.253 e. The van der Waals surface area contributed by atoms with Gasteiger partial charge in [-0.3, -0.25) is 4.79 Å². The van der Waals surface area contributed by atoms with Crippen LogP contribution in [0.4, 0.5) is 0 Å². The summed E-state index contributed by atoms with van der Waals surface area (Å²) in [5, 5.41) is 7.67. The maximum atomic E-state index is 12.3. The molecule has 0 unspecified atom stereocenters. The standard InChI is InChI=1S/C17H13Cl2N3O2/c1-10(20-16(23)13-7-2-3-8-14(13)19)17-21-15(22-24-17)11-5-4-6-12(18)9-11/h2-10H,1H3,(H,20,23)/t10-/m0/s1. The van der Waals surface area contributed by atoms with E-state index in [1.54, 1.807) is 49.4 Å². The second-order valence-corrected chi connectivity index (χ2v) is 5.99. The minimum absolute atomic E-state index is 0.297. The lowest BCUT2D eigenvalue weighted by Crippen LogP contribution is -2.27. The molecule has 0 saturated carbocycles. The van der Waals surface area contributed by atoms with E-state index in [0.29, 0.717) is 27.3 Å². The molecular formula is C17H13Cl2N3O2. The van der Waals surface area contributed by atoms with Crippen LogP contribution in [0.1, 0.15) is 29.2 Å². The number of nitrogens with zero attached hydrogens (tertiary/aromatic N) is 2. The van der Waals surface area contributed by atoms with Gasteiger partial charge in [0, 0.05) is 10.6 Å². The Kier molecular flexibility index (Phi) is 4.83. The summed E-state index contributed by atoms with van der Waals surface area (Å²) in [6, 6.07) is 13.5. The Morgan fingerprint density at radius 2 is 1.96 bits per heavy atom. The van der Waals surface area contributed by atoms with Crippen molar-refractivity contribution in [2.45, 2.75) is 13.0 Å². The number of amides is 1. The molecule has 0 saturated heterocycles. The third kappa shape index (κ3) is 3.58. The van der Waals surface area contributed by atoms with E-state index in [1.165, 1.54) is 0 Å². The molecule has 1 atom stereocenters. The molecule has 2 aromatic carbocycles. The molecule has 0 aliphatic carbocycles. The predicted octanol–water partition coefficient (Wildman–Crippen LogP) is 4.53. The van der Waals surface area contributed by atoms with Crippen molar-refractivity contribution in [3.63, 3.8) is 0 Å². The molecule has 0 spiro atoms. The molecule has 3 rings (SSSR count). The number of halogens is 2. The van der Waals surface area contributed by atoms with Gasteiger partial charge in [-0.25, -0.2) is 0 Å². The Labute approximate surface area is 148 Å². The number of carbonyl (C=O) groups is 1. The lowest BCUT2D eigenvalue weighted by molar-refractivity contribution is 0.0932. The van der Waals surface area contributed by atoms with Gasteiger partial charge in [0.05, 0.1) is 10.6 Å². The third-order valence-electron chi connectivity index (χ3n) is 3.36. The van der Waals surface area contributed by atoms with Gasteiger partial charge in [0.15, 0.2) is 0 Å². The molecule has 0 radical (unpaired) electrons. The zero-order valence-electron chi connectivity index (χ0n) is 12.7. The van der Waals surface area contributed by atoms with Crippen molar-refractivity contribution in [1.82, 2.24) is 15.5 Å². The van der Waals surface area contributed by atoms with E-state index in [9.17, 15) is 4.79 Å². The average Bonchev–Trinajstić information content (AvgIpc) is 3.05. The Morgan fingerprint density at radius 3 is 2.71 bits per heavy atom. The molecule has 0 aliphatic rings. The summed E-state index contributed by atoms with van der Waals surface area (Å²) in [7, 11) is 0. The van der Waals surface area contributed by atoms with E-state index >= 15 is 0 Å². The van der Waals surface area contributed by atoms with Crippen LogP contribution in [0.15, 0.2) is 53.1 Å². The fourth-order valence-corrected chi connectivity index (χ4v) is 2.55. The van der Waals surface area contributed by atoms with E-state index < -0.39 is 6.04 Å². The fourth-order valence-electron chi connectivity index (χ4n) is 2.14. The first-order valence-corrected chi connectivity index (χ1v) is 7.95. The maximum Gasteiger partial charge on any atom is 0.253 e. The lowest BCUT2D eigenvalue weighted by atomic mass is 10.2. The molecule has 5 nitrogen and oxygen atoms in total. The number of rotatable bonds is 4. The normalized spacial score (nSPS) is 12.0. The molecular weight excluding hydrogens is 349 g/mol. The van der Waals surface area contributed by atoms with Crippen LogP contribution < -0.4 is 5.32 Å². The van der Waals surface area contributed by atoms with Gasteiger partial charge in [0.2, 0.25) is 11.7 Å². The number of carbonyl (C=O) groups excluding carboxylic acids is 1. The van der Waals surface area contributed by atoms with Crippen molar-refractivity contribution >= 4 is 29.1 Å². The average molecular weight is 362 g/mol. The summed E-state index contributed by atoms with van der Waals surface area (Å²) in [5.74, 6) is 0.396. The highest BCUT2D eigenvalue weighted by atomic mass is 35.5. The van der Waals surface area contributed by atoms with Gasteiger partial charge in [0.25, 0.3) is 5.91 Å². The highest BCUT2D eigenvalue weighted by molar-refractivity contribution is 6.33. The van der Waals surface area contributed by atoms with Gasteiger partial charge < -0.3 is 9.84 Å². The van der Waals surface area contributed by atoms with Gasteiger partial charge in [-0.15, -0.1) is 0 Å². The molecule has 122 valence electrons. The third-order valence-corrected chi connectivity index (χ3v) is 3.93. The van der Waals surface area contributed by atoms with Crippen LogP contribution in [0.25, 0.3) is 11.4 Å². The minimum Gasteiger partial charge on any atom is -0.340 e. The maximum absolute atomic E-state index is 12.3.